The Balaban J connectivity index is 2.09. The number of hydrogen-bond acceptors (Lipinski definition) is 5. The van der Waals surface area contributed by atoms with Crippen LogP contribution < -0.4 is 16.6 Å². The second-order valence-corrected chi connectivity index (χ2v) is 4.22. The van der Waals surface area contributed by atoms with Crippen LogP contribution in [0, 0.1) is 6.92 Å². The topological polar surface area (TPSA) is 80.3 Å². The summed E-state index contributed by atoms with van der Waals surface area (Å²) in [5.74, 6) is 6.66. The van der Waals surface area contributed by atoms with Gasteiger partial charge in [0.05, 0.1) is 6.20 Å². The molecule has 0 radical (unpaired) electrons. The molecule has 1 aromatic carbocycles. The Morgan fingerprint density at radius 2 is 2.11 bits per heavy atom. The van der Waals surface area contributed by atoms with Crippen molar-refractivity contribution in [3.8, 4) is 0 Å². The summed E-state index contributed by atoms with van der Waals surface area (Å²) in [6.07, 6.45) is 5.35. The Labute approximate surface area is 110 Å². The largest absolute Gasteiger partial charge is 0.337 e. The SMILES string of the molecule is Cc1ccccc1Nc1nc(NN)cn2ccnc12. The smallest absolute Gasteiger partial charge is 0.180 e. The molecule has 0 unspecified atom stereocenters. The van der Waals surface area contributed by atoms with Crippen molar-refractivity contribution >= 4 is 23.0 Å². The number of anilines is 3. The normalized spacial score (nSPS) is 10.6. The molecule has 2 aromatic heterocycles. The predicted molar refractivity (Wildman–Crippen MR) is 75.3 cm³/mol. The number of hydrazine groups is 1. The van der Waals surface area contributed by atoms with E-state index in [0.29, 0.717) is 11.6 Å². The number of rotatable bonds is 3. The lowest BCUT2D eigenvalue weighted by molar-refractivity contribution is 1.11. The van der Waals surface area contributed by atoms with Gasteiger partial charge in [0.15, 0.2) is 17.3 Å². The van der Waals surface area contributed by atoms with Gasteiger partial charge >= 0.3 is 0 Å². The Kier molecular flexibility index (Phi) is 2.77. The first-order chi connectivity index (χ1) is 9.28. The Morgan fingerprint density at radius 3 is 2.89 bits per heavy atom. The number of imidazole rings is 1. The van der Waals surface area contributed by atoms with E-state index in [1.807, 2.05) is 41.8 Å². The zero-order valence-corrected chi connectivity index (χ0v) is 10.5. The minimum absolute atomic E-state index is 0.571. The fraction of sp³-hybridized carbons (Fsp3) is 0.0769. The van der Waals surface area contributed by atoms with Gasteiger partial charge in [0, 0.05) is 18.1 Å². The van der Waals surface area contributed by atoms with Crippen molar-refractivity contribution < 1.29 is 0 Å². The van der Waals surface area contributed by atoms with Crippen LogP contribution in [0.25, 0.3) is 5.65 Å². The summed E-state index contributed by atoms with van der Waals surface area (Å²) in [6, 6.07) is 8.01. The monoisotopic (exact) mass is 254 g/mol. The van der Waals surface area contributed by atoms with Gasteiger partial charge in [-0.05, 0) is 18.6 Å². The van der Waals surface area contributed by atoms with Crippen molar-refractivity contribution in [2.24, 2.45) is 5.84 Å². The Hall–Kier alpha value is -2.60. The van der Waals surface area contributed by atoms with Gasteiger partial charge in [-0.3, -0.25) is 0 Å². The quantitative estimate of drug-likeness (QED) is 0.492. The number of aryl methyl sites for hydroxylation is 1. The summed E-state index contributed by atoms with van der Waals surface area (Å²) in [5, 5.41) is 3.29. The zero-order chi connectivity index (χ0) is 13.2. The van der Waals surface area contributed by atoms with E-state index in [9.17, 15) is 0 Å². The predicted octanol–water partition coefficient (Wildman–Crippen LogP) is 2.07. The molecular formula is C13H14N6. The lowest BCUT2D eigenvalue weighted by Crippen LogP contribution is -2.11. The molecular weight excluding hydrogens is 240 g/mol. The molecule has 6 nitrogen and oxygen atoms in total. The number of nitrogens with zero attached hydrogens (tertiary/aromatic N) is 3. The first-order valence-corrected chi connectivity index (χ1v) is 5.91. The van der Waals surface area contributed by atoms with E-state index in [4.69, 9.17) is 5.84 Å². The van der Waals surface area contributed by atoms with E-state index in [2.05, 4.69) is 20.7 Å². The van der Waals surface area contributed by atoms with E-state index in [1.54, 1.807) is 12.4 Å². The van der Waals surface area contributed by atoms with Crippen LogP contribution in [-0.4, -0.2) is 14.4 Å². The molecule has 0 bridgehead atoms. The fourth-order valence-corrected chi connectivity index (χ4v) is 1.93. The van der Waals surface area contributed by atoms with Gasteiger partial charge in [-0.2, -0.15) is 0 Å². The van der Waals surface area contributed by atoms with Crippen LogP contribution in [0.4, 0.5) is 17.3 Å². The minimum atomic E-state index is 0.571. The highest BCUT2D eigenvalue weighted by molar-refractivity contribution is 5.72. The molecule has 0 saturated carbocycles. The second-order valence-electron chi connectivity index (χ2n) is 4.22. The molecule has 3 rings (SSSR count). The molecule has 0 spiro atoms. The van der Waals surface area contributed by atoms with Crippen molar-refractivity contribution in [1.82, 2.24) is 14.4 Å². The number of nitrogen functional groups attached to an aromatic ring is 1. The molecule has 0 fully saturated rings. The fourth-order valence-electron chi connectivity index (χ4n) is 1.93. The first kappa shape index (κ1) is 11.5. The summed E-state index contributed by atoms with van der Waals surface area (Å²) in [4.78, 5) is 8.69. The van der Waals surface area contributed by atoms with Crippen LogP contribution in [0.2, 0.25) is 0 Å². The Bertz CT molecular complexity index is 718. The highest BCUT2D eigenvalue weighted by atomic mass is 15.3. The Morgan fingerprint density at radius 1 is 1.26 bits per heavy atom. The lowest BCUT2D eigenvalue weighted by Gasteiger charge is -2.11. The maximum absolute atomic E-state index is 5.43. The van der Waals surface area contributed by atoms with Gasteiger partial charge in [0.1, 0.15) is 0 Å². The molecule has 0 saturated heterocycles. The minimum Gasteiger partial charge on any atom is -0.337 e. The molecule has 4 N–H and O–H groups in total. The molecule has 0 atom stereocenters. The summed E-state index contributed by atoms with van der Waals surface area (Å²) >= 11 is 0. The standard InChI is InChI=1S/C13H14N6/c1-9-4-2-3-5-10(9)16-12-13-15-6-7-19(13)8-11(17-12)18-14/h2-8,18H,14H2,1H3,(H,16,17). The average Bonchev–Trinajstić information content (AvgIpc) is 2.89. The maximum Gasteiger partial charge on any atom is 0.180 e. The van der Waals surface area contributed by atoms with E-state index < -0.39 is 0 Å². The number of para-hydroxylation sites is 1. The summed E-state index contributed by atoms with van der Waals surface area (Å²) in [5.41, 5.74) is 5.44. The first-order valence-electron chi connectivity index (χ1n) is 5.91. The van der Waals surface area contributed by atoms with Gasteiger partial charge in [0.25, 0.3) is 0 Å². The maximum atomic E-state index is 5.43. The van der Waals surface area contributed by atoms with Crippen molar-refractivity contribution in [1.29, 1.82) is 0 Å². The number of benzene rings is 1. The van der Waals surface area contributed by atoms with E-state index in [0.717, 1.165) is 16.9 Å². The molecule has 0 aliphatic carbocycles. The van der Waals surface area contributed by atoms with Crippen LogP contribution in [0.5, 0.6) is 0 Å². The molecule has 0 amide bonds. The van der Waals surface area contributed by atoms with E-state index >= 15 is 0 Å². The molecule has 3 aromatic rings. The third kappa shape index (κ3) is 2.09. The second kappa shape index (κ2) is 4.58. The molecule has 0 aliphatic heterocycles. The highest BCUT2D eigenvalue weighted by Gasteiger charge is 2.08. The summed E-state index contributed by atoms with van der Waals surface area (Å²) in [6.45, 7) is 2.04. The van der Waals surface area contributed by atoms with Crippen LogP contribution in [0.3, 0.4) is 0 Å². The summed E-state index contributed by atoms with van der Waals surface area (Å²) < 4.78 is 1.86. The van der Waals surface area contributed by atoms with E-state index in [1.165, 1.54) is 0 Å². The number of nitrogens with one attached hydrogen (secondary N) is 2. The van der Waals surface area contributed by atoms with Crippen LogP contribution in [0.1, 0.15) is 5.56 Å². The third-order valence-electron chi connectivity index (χ3n) is 2.92. The zero-order valence-electron chi connectivity index (χ0n) is 10.5. The van der Waals surface area contributed by atoms with Gasteiger partial charge < -0.3 is 15.1 Å². The molecule has 0 aliphatic rings. The number of fused-ring (bicyclic) bond motifs is 1. The molecule has 19 heavy (non-hydrogen) atoms. The van der Waals surface area contributed by atoms with Crippen molar-refractivity contribution in [3.05, 3.63) is 48.4 Å². The number of aromatic nitrogens is 3. The third-order valence-corrected chi connectivity index (χ3v) is 2.92. The van der Waals surface area contributed by atoms with Gasteiger partial charge in [-0.25, -0.2) is 15.8 Å². The van der Waals surface area contributed by atoms with Crippen LogP contribution in [0.15, 0.2) is 42.9 Å². The van der Waals surface area contributed by atoms with Gasteiger partial charge in [-0.1, -0.05) is 18.2 Å². The van der Waals surface area contributed by atoms with Gasteiger partial charge in [-0.15, -0.1) is 0 Å². The van der Waals surface area contributed by atoms with Crippen molar-refractivity contribution in [3.63, 3.8) is 0 Å². The average molecular weight is 254 g/mol. The molecule has 6 heteroatoms. The van der Waals surface area contributed by atoms with Crippen molar-refractivity contribution in [2.75, 3.05) is 10.7 Å². The van der Waals surface area contributed by atoms with Crippen molar-refractivity contribution in [2.45, 2.75) is 6.92 Å². The lowest BCUT2D eigenvalue weighted by atomic mass is 10.2. The van der Waals surface area contributed by atoms with Gasteiger partial charge in [0.2, 0.25) is 0 Å². The number of nitrogens with two attached hydrogens (primary N) is 1. The van der Waals surface area contributed by atoms with Crippen LogP contribution >= 0.6 is 0 Å². The number of hydrogen-bond donors (Lipinski definition) is 3. The van der Waals surface area contributed by atoms with Crippen LogP contribution in [-0.2, 0) is 0 Å². The highest BCUT2D eigenvalue weighted by Crippen LogP contribution is 2.22. The molecule has 96 valence electrons. The molecule has 2 heterocycles. The van der Waals surface area contributed by atoms with E-state index in [-0.39, 0.29) is 0 Å². The summed E-state index contributed by atoms with van der Waals surface area (Å²) in [7, 11) is 0.